The lowest BCUT2D eigenvalue weighted by Gasteiger charge is -2.11. The smallest absolute Gasteiger partial charge is 0.123 e. The van der Waals surface area contributed by atoms with E-state index in [1.165, 1.54) is 11.6 Å². The Morgan fingerprint density at radius 2 is 2.25 bits per heavy atom. The van der Waals surface area contributed by atoms with Gasteiger partial charge in [-0.05, 0) is 43.0 Å². The Balaban J connectivity index is 2.46. The van der Waals surface area contributed by atoms with Gasteiger partial charge in [0.2, 0.25) is 0 Å². The van der Waals surface area contributed by atoms with Gasteiger partial charge in [-0.15, -0.1) is 6.42 Å². The molecule has 0 aromatic heterocycles. The first-order valence-corrected chi connectivity index (χ1v) is 5.62. The molecule has 86 valence electrons. The van der Waals surface area contributed by atoms with Crippen molar-refractivity contribution >= 4 is 0 Å². The van der Waals surface area contributed by atoms with Crippen LogP contribution in [-0.2, 0) is 6.42 Å². The molecule has 16 heavy (non-hydrogen) atoms. The van der Waals surface area contributed by atoms with Gasteiger partial charge < -0.3 is 5.32 Å². The number of hydrogen-bond acceptors (Lipinski definition) is 1. The van der Waals surface area contributed by atoms with Gasteiger partial charge in [0.05, 0.1) is 6.04 Å². The van der Waals surface area contributed by atoms with Gasteiger partial charge >= 0.3 is 0 Å². The number of halogens is 1. The highest BCUT2D eigenvalue weighted by atomic mass is 19.1. The lowest BCUT2D eigenvalue weighted by atomic mass is 10.1. The van der Waals surface area contributed by atoms with Crippen molar-refractivity contribution in [3.05, 3.63) is 35.1 Å². The van der Waals surface area contributed by atoms with Crippen molar-refractivity contribution in [2.75, 3.05) is 6.54 Å². The van der Waals surface area contributed by atoms with E-state index in [2.05, 4.69) is 18.2 Å². The van der Waals surface area contributed by atoms with Crippen LogP contribution in [-0.4, -0.2) is 12.6 Å². The second kappa shape index (κ2) is 6.30. The topological polar surface area (TPSA) is 12.0 Å². The average molecular weight is 219 g/mol. The van der Waals surface area contributed by atoms with Crippen molar-refractivity contribution in [3.8, 4) is 12.3 Å². The zero-order valence-corrected chi connectivity index (χ0v) is 9.89. The number of terminal acetylenes is 1. The number of rotatable bonds is 5. The summed E-state index contributed by atoms with van der Waals surface area (Å²) in [6.45, 7) is 4.81. The van der Waals surface area contributed by atoms with Crippen molar-refractivity contribution in [1.82, 2.24) is 5.32 Å². The van der Waals surface area contributed by atoms with E-state index in [4.69, 9.17) is 6.42 Å². The third kappa shape index (κ3) is 3.67. The molecule has 1 nitrogen and oxygen atoms in total. The maximum absolute atomic E-state index is 12.9. The van der Waals surface area contributed by atoms with E-state index in [1.54, 1.807) is 6.07 Å². The van der Waals surface area contributed by atoms with Crippen LogP contribution in [0.4, 0.5) is 4.39 Å². The molecule has 0 saturated heterocycles. The molecule has 1 rings (SSSR count). The molecule has 1 aromatic rings. The Hall–Kier alpha value is -1.33. The second-order valence-corrected chi connectivity index (χ2v) is 3.90. The van der Waals surface area contributed by atoms with Gasteiger partial charge in [0.15, 0.2) is 0 Å². The summed E-state index contributed by atoms with van der Waals surface area (Å²) in [7, 11) is 0. The molecule has 0 amide bonds. The summed E-state index contributed by atoms with van der Waals surface area (Å²) < 4.78 is 12.9. The quantitative estimate of drug-likeness (QED) is 0.751. The lowest BCUT2D eigenvalue weighted by Crippen LogP contribution is -2.28. The molecule has 0 fully saturated rings. The van der Waals surface area contributed by atoms with E-state index in [0.29, 0.717) is 0 Å². The van der Waals surface area contributed by atoms with Gasteiger partial charge in [0.25, 0.3) is 0 Å². The number of benzene rings is 1. The van der Waals surface area contributed by atoms with Crippen molar-refractivity contribution < 1.29 is 4.39 Å². The van der Waals surface area contributed by atoms with E-state index in [0.717, 1.165) is 24.9 Å². The predicted octanol–water partition coefficient (Wildman–Crippen LogP) is 2.68. The van der Waals surface area contributed by atoms with Crippen LogP contribution in [0.5, 0.6) is 0 Å². The minimum absolute atomic E-state index is 0.140. The summed E-state index contributed by atoms with van der Waals surface area (Å²) >= 11 is 0. The molecule has 0 heterocycles. The summed E-state index contributed by atoms with van der Waals surface area (Å²) in [4.78, 5) is 0. The fraction of sp³-hybridized carbons (Fsp3) is 0.429. The fourth-order valence-electron chi connectivity index (χ4n) is 1.64. The van der Waals surface area contributed by atoms with Crippen LogP contribution < -0.4 is 5.32 Å². The largest absolute Gasteiger partial charge is 0.303 e. The van der Waals surface area contributed by atoms with Gasteiger partial charge in [0, 0.05) is 6.54 Å². The van der Waals surface area contributed by atoms with Gasteiger partial charge in [-0.25, -0.2) is 4.39 Å². The van der Waals surface area contributed by atoms with Crippen LogP contribution in [0.25, 0.3) is 0 Å². The van der Waals surface area contributed by atoms with Gasteiger partial charge in [-0.1, -0.05) is 18.9 Å². The first kappa shape index (κ1) is 12.7. The number of nitrogens with one attached hydrogen (secondary N) is 1. The molecule has 2 heteroatoms. The lowest BCUT2D eigenvalue weighted by molar-refractivity contribution is 0.591. The minimum Gasteiger partial charge on any atom is -0.303 e. The molecule has 1 unspecified atom stereocenters. The molecule has 1 aromatic carbocycles. The fourth-order valence-corrected chi connectivity index (χ4v) is 1.64. The average Bonchev–Trinajstić information content (AvgIpc) is 2.27. The Morgan fingerprint density at radius 1 is 1.50 bits per heavy atom. The van der Waals surface area contributed by atoms with Crippen LogP contribution in [0.3, 0.4) is 0 Å². The maximum Gasteiger partial charge on any atom is 0.123 e. The number of hydrogen-bond donors (Lipinski definition) is 1. The normalized spacial score (nSPS) is 12.1. The molecular weight excluding hydrogens is 201 g/mol. The third-order valence-electron chi connectivity index (χ3n) is 2.70. The summed E-state index contributed by atoms with van der Waals surface area (Å²) in [5.41, 5.74) is 2.16. The van der Waals surface area contributed by atoms with Gasteiger partial charge in [-0.2, -0.15) is 0 Å². The van der Waals surface area contributed by atoms with Crippen LogP contribution in [0, 0.1) is 25.1 Å². The predicted molar refractivity (Wildman–Crippen MR) is 65.8 cm³/mol. The van der Waals surface area contributed by atoms with Crippen molar-refractivity contribution in [2.24, 2.45) is 0 Å². The molecule has 1 atom stereocenters. The first-order valence-electron chi connectivity index (χ1n) is 5.62. The van der Waals surface area contributed by atoms with Gasteiger partial charge in [-0.3, -0.25) is 0 Å². The molecule has 0 spiro atoms. The Bertz CT molecular complexity index is 379. The van der Waals surface area contributed by atoms with Crippen molar-refractivity contribution in [3.63, 3.8) is 0 Å². The van der Waals surface area contributed by atoms with E-state index in [-0.39, 0.29) is 11.9 Å². The Morgan fingerprint density at radius 3 is 2.81 bits per heavy atom. The third-order valence-corrected chi connectivity index (χ3v) is 2.70. The summed E-state index contributed by atoms with van der Waals surface area (Å²) in [5.74, 6) is 2.51. The number of aryl methyl sites for hydroxylation is 1. The van der Waals surface area contributed by atoms with E-state index >= 15 is 0 Å². The zero-order valence-electron chi connectivity index (χ0n) is 9.89. The summed E-state index contributed by atoms with van der Waals surface area (Å²) in [6, 6.07) is 5.04. The minimum atomic E-state index is -0.177. The van der Waals surface area contributed by atoms with Crippen LogP contribution in [0.2, 0.25) is 0 Å². The standard InChI is InChI=1S/C14H18FN/c1-4-14(5-2)16-9-8-12-6-7-13(15)10-11(12)3/h1,6-7,10,14,16H,5,8-9H2,2-3H3. The van der Waals surface area contributed by atoms with E-state index in [1.807, 2.05) is 13.0 Å². The zero-order chi connectivity index (χ0) is 12.0. The Labute approximate surface area is 97.1 Å². The highest BCUT2D eigenvalue weighted by molar-refractivity contribution is 5.26. The summed E-state index contributed by atoms with van der Waals surface area (Å²) in [6.07, 6.45) is 7.16. The van der Waals surface area contributed by atoms with Crippen LogP contribution in [0.1, 0.15) is 24.5 Å². The molecule has 0 aliphatic carbocycles. The second-order valence-electron chi connectivity index (χ2n) is 3.90. The molecule has 0 aliphatic heterocycles. The van der Waals surface area contributed by atoms with Gasteiger partial charge in [0.1, 0.15) is 5.82 Å². The van der Waals surface area contributed by atoms with Crippen molar-refractivity contribution in [2.45, 2.75) is 32.7 Å². The SMILES string of the molecule is C#CC(CC)NCCc1ccc(F)cc1C. The Kier molecular flexibility index (Phi) is 5.01. The molecule has 1 N–H and O–H groups in total. The molecule has 0 saturated carbocycles. The highest BCUT2D eigenvalue weighted by Gasteiger charge is 2.02. The van der Waals surface area contributed by atoms with E-state index in [9.17, 15) is 4.39 Å². The molecule has 0 bridgehead atoms. The van der Waals surface area contributed by atoms with E-state index < -0.39 is 0 Å². The van der Waals surface area contributed by atoms with Crippen LogP contribution in [0.15, 0.2) is 18.2 Å². The highest BCUT2D eigenvalue weighted by Crippen LogP contribution is 2.10. The maximum atomic E-state index is 12.9. The monoisotopic (exact) mass is 219 g/mol. The first-order chi connectivity index (χ1) is 7.67. The summed E-state index contributed by atoms with van der Waals surface area (Å²) in [5, 5.41) is 3.28. The molecular formula is C14H18FN. The molecule has 0 aliphatic rings. The van der Waals surface area contributed by atoms with Crippen molar-refractivity contribution in [1.29, 1.82) is 0 Å². The van der Waals surface area contributed by atoms with Crippen LogP contribution >= 0.6 is 0 Å². The molecule has 0 radical (unpaired) electrons.